The summed E-state index contributed by atoms with van der Waals surface area (Å²) in [6.07, 6.45) is 0. The smallest absolute Gasteiger partial charge is 0.254 e. The average Bonchev–Trinajstić information content (AvgIpc) is 3.25. The third kappa shape index (κ3) is 6.91. The lowest BCUT2D eigenvalue weighted by Crippen LogP contribution is -2.43. The van der Waals surface area contributed by atoms with Gasteiger partial charge in [0.1, 0.15) is 12.3 Å². The van der Waals surface area contributed by atoms with Crippen LogP contribution in [0.4, 0.5) is 0 Å². The topological polar surface area (TPSA) is 59.1 Å². The number of hydrogen-bond acceptors (Lipinski definition) is 5. The molecular weight excluding hydrogens is 436 g/mol. The number of aryl methyl sites for hydroxylation is 1. The number of ether oxygens (including phenoxy) is 2. The Morgan fingerprint density at radius 2 is 1.64 bits per heavy atom. The molecule has 0 aliphatic carbocycles. The number of rotatable bonds is 11. The van der Waals surface area contributed by atoms with Crippen LogP contribution in [-0.4, -0.2) is 55.5 Å². The van der Waals surface area contributed by atoms with Crippen LogP contribution in [0.15, 0.2) is 66.0 Å². The normalized spacial score (nSPS) is 10.6. The molecule has 3 aromatic rings. The second kappa shape index (κ2) is 12.2. The summed E-state index contributed by atoms with van der Waals surface area (Å²) in [6.45, 7) is 3.68. The molecule has 33 heavy (non-hydrogen) atoms. The molecule has 0 spiro atoms. The Morgan fingerprint density at radius 1 is 0.909 bits per heavy atom. The van der Waals surface area contributed by atoms with Crippen molar-refractivity contribution in [1.82, 2.24) is 9.80 Å². The number of thiophene rings is 1. The molecule has 7 heteroatoms. The molecule has 0 radical (unpaired) electrons. The average molecular weight is 467 g/mol. The summed E-state index contributed by atoms with van der Waals surface area (Å²) in [5.41, 5.74) is 2.71. The van der Waals surface area contributed by atoms with Crippen LogP contribution in [-0.2, 0) is 22.6 Å². The van der Waals surface area contributed by atoms with E-state index in [4.69, 9.17) is 9.47 Å². The zero-order chi connectivity index (χ0) is 23.6. The molecule has 2 amide bonds. The zero-order valence-corrected chi connectivity index (χ0v) is 20.1. The van der Waals surface area contributed by atoms with Gasteiger partial charge in [-0.15, -0.1) is 11.3 Å². The molecule has 0 N–H and O–H groups in total. The monoisotopic (exact) mass is 466 g/mol. The molecule has 174 valence electrons. The van der Waals surface area contributed by atoms with Gasteiger partial charge in [0.25, 0.3) is 5.91 Å². The molecule has 0 atom stereocenters. The number of carbonyl (C=O) groups excluding carboxylic acids is 2. The Balaban J connectivity index is 1.80. The van der Waals surface area contributed by atoms with Crippen LogP contribution in [0.25, 0.3) is 0 Å². The lowest BCUT2D eigenvalue weighted by molar-refractivity contribution is -0.133. The summed E-state index contributed by atoms with van der Waals surface area (Å²) in [4.78, 5) is 31.2. The number of carbonyl (C=O) groups is 2. The molecule has 0 saturated carbocycles. The summed E-state index contributed by atoms with van der Waals surface area (Å²) in [7, 11) is 3.16. The third-order valence-electron chi connectivity index (χ3n) is 5.39. The standard InChI is InChI=1S/C26H30N2O4S/c1-20-13-16-33-24(20)18-28(17-21-7-5-4-6-8-21)25(29)19-27(14-15-31-2)26(30)22-9-11-23(32-3)12-10-22/h4-13,16H,14-15,17-19H2,1-3H3. The van der Waals surface area contributed by atoms with Crippen molar-refractivity contribution in [2.45, 2.75) is 20.0 Å². The highest BCUT2D eigenvalue weighted by atomic mass is 32.1. The second-order valence-electron chi connectivity index (χ2n) is 7.71. The minimum atomic E-state index is -0.213. The fourth-order valence-electron chi connectivity index (χ4n) is 3.41. The van der Waals surface area contributed by atoms with Crippen LogP contribution in [0, 0.1) is 6.92 Å². The molecule has 0 bridgehead atoms. The maximum absolute atomic E-state index is 13.5. The van der Waals surface area contributed by atoms with Crippen molar-refractivity contribution >= 4 is 23.2 Å². The summed E-state index contributed by atoms with van der Waals surface area (Å²) in [6, 6.07) is 18.9. The van der Waals surface area contributed by atoms with E-state index < -0.39 is 0 Å². The second-order valence-corrected chi connectivity index (χ2v) is 8.71. The fraction of sp³-hybridized carbons (Fsp3) is 0.308. The first-order valence-corrected chi connectivity index (χ1v) is 11.7. The minimum Gasteiger partial charge on any atom is -0.497 e. The number of hydrogen-bond donors (Lipinski definition) is 0. The van der Waals surface area contributed by atoms with Gasteiger partial charge >= 0.3 is 0 Å². The van der Waals surface area contributed by atoms with Gasteiger partial charge in [-0.1, -0.05) is 30.3 Å². The Hall–Kier alpha value is -3.16. The van der Waals surface area contributed by atoms with Gasteiger partial charge in [0, 0.05) is 30.6 Å². The first-order valence-electron chi connectivity index (χ1n) is 10.8. The Labute approximate surface area is 199 Å². The van der Waals surface area contributed by atoms with Gasteiger partial charge in [-0.3, -0.25) is 9.59 Å². The van der Waals surface area contributed by atoms with E-state index in [-0.39, 0.29) is 18.4 Å². The molecule has 0 saturated heterocycles. The first-order chi connectivity index (χ1) is 16.0. The Bertz CT molecular complexity index is 1030. The van der Waals surface area contributed by atoms with Crippen LogP contribution in [0.3, 0.4) is 0 Å². The van der Waals surface area contributed by atoms with Crippen LogP contribution in [0.5, 0.6) is 5.75 Å². The van der Waals surface area contributed by atoms with Crippen LogP contribution >= 0.6 is 11.3 Å². The van der Waals surface area contributed by atoms with Gasteiger partial charge in [0.05, 0.1) is 20.3 Å². The first kappa shape index (κ1) is 24.5. The van der Waals surface area contributed by atoms with Gasteiger partial charge in [-0.25, -0.2) is 0 Å². The predicted molar refractivity (Wildman–Crippen MR) is 131 cm³/mol. The largest absolute Gasteiger partial charge is 0.497 e. The van der Waals surface area contributed by atoms with Crippen LogP contribution in [0.2, 0.25) is 0 Å². The number of amides is 2. The Morgan fingerprint density at radius 3 is 2.24 bits per heavy atom. The van der Waals surface area contributed by atoms with E-state index in [0.717, 1.165) is 16.0 Å². The van der Waals surface area contributed by atoms with E-state index in [1.165, 1.54) is 0 Å². The molecule has 3 rings (SSSR count). The van der Waals surface area contributed by atoms with Crippen molar-refractivity contribution in [3.63, 3.8) is 0 Å². The quantitative estimate of drug-likeness (QED) is 0.421. The molecule has 0 unspecified atom stereocenters. The maximum atomic E-state index is 13.5. The summed E-state index contributed by atoms with van der Waals surface area (Å²) in [5, 5.41) is 2.04. The van der Waals surface area contributed by atoms with Gasteiger partial charge in [0.2, 0.25) is 5.91 Å². The maximum Gasteiger partial charge on any atom is 0.254 e. The Kier molecular flexibility index (Phi) is 9.04. The van der Waals surface area contributed by atoms with Crippen LogP contribution < -0.4 is 4.74 Å². The lowest BCUT2D eigenvalue weighted by atomic mass is 10.1. The molecule has 0 aliphatic rings. The highest BCUT2D eigenvalue weighted by Crippen LogP contribution is 2.20. The van der Waals surface area contributed by atoms with Crippen molar-refractivity contribution in [3.05, 3.63) is 87.6 Å². The number of methoxy groups -OCH3 is 2. The number of nitrogens with zero attached hydrogens (tertiary/aromatic N) is 2. The molecule has 2 aromatic carbocycles. The summed E-state index contributed by atoms with van der Waals surface area (Å²) in [5.74, 6) is 0.353. The van der Waals surface area contributed by atoms with E-state index in [1.807, 2.05) is 40.6 Å². The van der Waals surface area contributed by atoms with E-state index >= 15 is 0 Å². The van der Waals surface area contributed by atoms with Crippen LogP contribution in [0.1, 0.15) is 26.4 Å². The third-order valence-corrected chi connectivity index (χ3v) is 6.39. The summed E-state index contributed by atoms with van der Waals surface area (Å²) >= 11 is 1.64. The van der Waals surface area contributed by atoms with Gasteiger partial charge in [-0.05, 0) is 53.8 Å². The van der Waals surface area contributed by atoms with E-state index in [0.29, 0.717) is 37.6 Å². The highest BCUT2D eigenvalue weighted by molar-refractivity contribution is 7.10. The van der Waals surface area contributed by atoms with E-state index in [1.54, 1.807) is 54.7 Å². The van der Waals surface area contributed by atoms with Gasteiger partial charge < -0.3 is 19.3 Å². The van der Waals surface area contributed by atoms with E-state index in [2.05, 4.69) is 13.0 Å². The van der Waals surface area contributed by atoms with Gasteiger partial charge in [0.15, 0.2) is 0 Å². The highest BCUT2D eigenvalue weighted by Gasteiger charge is 2.23. The fourth-order valence-corrected chi connectivity index (χ4v) is 4.33. The summed E-state index contributed by atoms with van der Waals surface area (Å²) < 4.78 is 10.4. The van der Waals surface area contributed by atoms with Crippen molar-refractivity contribution in [2.24, 2.45) is 0 Å². The van der Waals surface area contributed by atoms with Gasteiger partial charge in [-0.2, -0.15) is 0 Å². The molecule has 0 fully saturated rings. The molecule has 1 aromatic heterocycles. The molecular formula is C26H30N2O4S. The van der Waals surface area contributed by atoms with Crippen molar-refractivity contribution in [1.29, 1.82) is 0 Å². The minimum absolute atomic E-state index is 0.0223. The molecule has 0 aliphatic heterocycles. The van der Waals surface area contributed by atoms with Crippen molar-refractivity contribution < 1.29 is 19.1 Å². The zero-order valence-electron chi connectivity index (χ0n) is 19.3. The molecule has 6 nitrogen and oxygen atoms in total. The van der Waals surface area contributed by atoms with Crippen molar-refractivity contribution in [2.75, 3.05) is 33.9 Å². The lowest BCUT2D eigenvalue weighted by Gasteiger charge is -2.28. The van der Waals surface area contributed by atoms with E-state index in [9.17, 15) is 9.59 Å². The SMILES string of the molecule is COCCN(CC(=O)N(Cc1ccccc1)Cc1sccc1C)C(=O)c1ccc(OC)cc1. The predicted octanol–water partition coefficient (Wildman–Crippen LogP) is 4.38. The molecule has 1 heterocycles. The number of benzene rings is 2. The van der Waals surface area contributed by atoms with Crippen molar-refractivity contribution in [3.8, 4) is 5.75 Å².